The van der Waals surface area contributed by atoms with E-state index in [1.165, 1.54) is 51.5 Å². The number of ether oxygens (including phenoxy) is 2. The SMILES string of the molecule is CCCCCCCOc1ccc(C(=O)OCCC[NH+]2CCCCC2C)cc1.[Cl-]. The van der Waals surface area contributed by atoms with E-state index in [9.17, 15) is 4.79 Å². The van der Waals surface area contributed by atoms with Gasteiger partial charge in [0.2, 0.25) is 0 Å². The van der Waals surface area contributed by atoms with Gasteiger partial charge in [0.1, 0.15) is 5.75 Å². The van der Waals surface area contributed by atoms with Crippen molar-refractivity contribution in [2.24, 2.45) is 0 Å². The summed E-state index contributed by atoms with van der Waals surface area (Å²) < 4.78 is 11.2. The third kappa shape index (κ3) is 9.29. The number of rotatable bonds is 12. The quantitative estimate of drug-likeness (QED) is 0.412. The normalized spacial score (nSPS) is 18.9. The van der Waals surface area contributed by atoms with Gasteiger partial charge >= 0.3 is 5.97 Å². The van der Waals surface area contributed by atoms with Crippen molar-refractivity contribution in [1.29, 1.82) is 0 Å². The zero-order valence-corrected chi connectivity index (χ0v) is 18.4. The van der Waals surface area contributed by atoms with E-state index in [-0.39, 0.29) is 18.4 Å². The average molecular weight is 412 g/mol. The molecule has 0 spiro atoms. The third-order valence-electron chi connectivity index (χ3n) is 5.56. The molecule has 1 N–H and O–H groups in total. The number of halogens is 1. The van der Waals surface area contributed by atoms with Gasteiger partial charge in [-0.1, -0.05) is 32.6 Å². The summed E-state index contributed by atoms with van der Waals surface area (Å²) in [6, 6.07) is 8.07. The number of nitrogens with one attached hydrogen (secondary N) is 1. The van der Waals surface area contributed by atoms with E-state index in [0.717, 1.165) is 37.8 Å². The fourth-order valence-electron chi connectivity index (χ4n) is 3.75. The van der Waals surface area contributed by atoms with Gasteiger partial charge in [-0.3, -0.25) is 0 Å². The predicted octanol–water partition coefficient (Wildman–Crippen LogP) is 1.04. The second-order valence-corrected chi connectivity index (χ2v) is 7.83. The van der Waals surface area contributed by atoms with Gasteiger partial charge in [0.15, 0.2) is 0 Å². The van der Waals surface area contributed by atoms with Crippen LogP contribution in [0.2, 0.25) is 0 Å². The van der Waals surface area contributed by atoms with Gasteiger partial charge in [0.05, 0.1) is 37.9 Å². The molecule has 2 atom stereocenters. The Morgan fingerprint density at radius 2 is 1.79 bits per heavy atom. The first-order chi connectivity index (χ1) is 13.2. The predicted molar refractivity (Wildman–Crippen MR) is 110 cm³/mol. The molecule has 0 radical (unpaired) electrons. The Balaban J connectivity index is 0.00000392. The molecule has 0 bridgehead atoms. The van der Waals surface area contributed by atoms with Crippen molar-refractivity contribution < 1.29 is 31.6 Å². The zero-order valence-electron chi connectivity index (χ0n) is 17.7. The molecule has 1 aliphatic heterocycles. The van der Waals surface area contributed by atoms with Crippen LogP contribution in [-0.2, 0) is 4.74 Å². The van der Waals surface area contributed by atoms with Crippen LogP contribution >= 0.6 is 0 Å². The number of unbranched alkanes of at least 4 members (excludes halogenated alkanes) is 4. The monoisotopic (exact) mass is 411 g/mol. The lowest BCUT2D eigenvalue weighted by atomic mass is 10.0. The molecule has 28 heavy (non-hydrogen) atoms. The molecule has 2 rings (SSSR count). The molecule has 0 aromatic heterocycles. The summed E-state index contributed by atoms with van der Waals surface area (Å²) in [5, 5.41) is 0. The van der Waals surface area contributed by atoms with E-state index >= 15 is 0 Å². The first-order valence-electron chi connectivity index (χ1n) is 10.9. The van der Waals surface area contributed by atoms with E-state index in [4.69, 9.17) is 9.47 Å². The largest absolute Gasteiger partial charge is 1.00 e. The maximum atomic E-state index is 12.2. The fraction of sp³-hybridized carbons (Fsp3) is 0.696. The number of hydrogen-bond acceptors (Lipinski definition) is 3. The molecule has 4 nitrogen and oxygen atoms in total. The number of hydrogen-bond donors (Lipinski definition) is 1. The summed E-state index contributed by atoms with van der Waals surface area (Å²) in [5.74, 6) is 0.590. The Morgan fingerprint density at radius 1 is 1.04 bits per heavy atom. The standard InChI is InChI=1S/C23H37NO3.ClH/c1-3-4-5-6-9-18-26-22-14-12-21(13-15-22)23(25)27-19-10-17-24-16-8-7-11-20(24)2;/h12-15,20H,3-11,16-19H2,1-2H3;1H. The molecule has 1 heterocycles. The van der Waals surface area contributed by atoms with Crippen molar-refractivity contribution in [2.45, 2.75) is 77.7 Å². The fourth-order valence-corrected chi connectivity index (χ4v) is 3.75. The summed E-state index contributed by atoms with van der Waals surface area (Å²) in [6.07, 6.45) is 11.1. The van der Waals surface area contributed by atoms with Crippen LogP contribution in [0.5, 0.6) is 5.75 Å². The Morgan fingerprint density at radius 3 is 2.50 bits per heavy atom. The Hall–Kier alpha value is -1.26. The highest BCUT2D eigenvalue weighted by molar-refractivity contribution is 5.89. The average Bonchev–Trinajstić information content (AvgIpc) is 2.69. The molecule has 0 amide bonds. The highest BCUT2D eigenvalue weighted by atomic mass is 35.5. The number of piperidine rings is 1. The van der Waals surface area contributed by atoms with Crippen LogP contribution in [0.15, 0.2) is 24.3 Å². The molecule has 0 aliphatic carbocycles. The molecule has 1 aromatic carbocycles. The summed E-state index contributed by atoms with van der Waals surface area (Å²) in [7, 11) is 0. The lowest BCUT2D eigenvalue weighted by Crippen LogP contribution is -3.16. The van der Waals surface area contributed by atoms with E-state index in [0.29, 0.717) is 12.2 Å². The van der Waals surface area contributed by atoms with Crippen LogP contribution in [0.4, 0.5) is 0 Å². The second-order valence-electron chi connectivity index (χ2n) is 7.83. The Bertz CT molecular complexity index is 535. The van der Waals surface area contributed by atoms with Crippen LogP contribution in [0.3, 0.4) is 0 Å². The highest BCUT2D eigenvalue weighted by Gasteiger charge is 2.21. The first-order valence-corrected chi connectivity index (χ1v) is 10.9. The topological polar surface area (TPSA) is 40.0 Å². The lowest BCUT2D eigenvalue weighted by Gasteiger charge is -2.30. The molecule has 1 saturated heterocycles. The summed E-state index contributed by atoms with van der Waals surface area (Å²) >= 11 is 0. The van der Waals surface area contributed by atoms with Crippen LogP contribution in [0, 0.1) is 0 Å². The van der Waals surface area contributed by atoms with Crippen LogP contribution < -0.4 is 22.0 Å². The smallest absolute Gasteiger partial charge is 0.338 e. The first kappa shape index (κ1) is 24.8. The van der Waals surface area contributed by atoms with Gasteiger partial charge in [-0.15, -0.1) is 0 Å². The van der Waals surface area contributed by atoms with Crippen molar-refractivity contribution >= 4 is 5.97 Å². The van der Waals surface area contributed by atoms with E-state index in [1.807, 2.05) is 12.1 Å². The molecular formula is C23H38ClNO3. The second kappa shape index (κ2) is 14.7. The van der Waals surface area contributed by atoms with Crippen LogP contribution in [-0.4, -0.2) is 38.3 Å². The summed E-state index contributed by atoms with van der Waals surface area (Å²) in [4.78, 5) is 13.8. The summed E-state index contributed by atoms with van der Waals surface area (Å²) in [6.45, 7) is 8.15. The maximum absolute atomic E-state index is 12.2. The molecule has 1 fully saturated rings. The zero-order chi connectivity index (χ0) is 19.3. The van der Waals surface area contributed by atoms with E-state index in [2.05, 4.69) is 13.8 Å². The molecule has 5 heteroatoms. The number of carbonyl (C=O) groups is 1. The highest BCUT2D eigenvalue weighted by Crippen LogP contribution is 2.14. The Labute approximate surface area is 177 Å². The van der Waals surface area contributed by atoms with Crippen LogP contribution in [0.25, 0.3) is 0 Å². The number of quaternary nitrogens is 1. The van der Waals surface area contributed by atoms with Crippen molar-refractivity contribution in [2.75, 3.05) is 26.3 Å². The van der Waals surface area contributed by atoms with E-state index in [1.54, 1.807) is 17.0 Å². The molecule has 0 saturated carbocycles. The molecular weight excluding hydrogens is 374 g/mol. The third-order valence-corrected chi connectivity index (χ3v) is 5.56. The van der Waals surface area contributed by atoms with E-state index < -0.39 is 0 Å². The van der Waals surface area contributed by atoms with Gasteiger partial charge in [-0.2, -0.15) is 0 Å². The van der Waals surface area contributed by atoms with Gasteiger partial charge in [0.25, 0.3) is 0 Å². The van der Waals surface area contributed by atoms with Crippen molar-refractivity contribution in [3.63, 3.8) is 0 Å². The molecule has 2 unspecified atom stereocenters. The minimum absolute atomic E-state index is 0. The lowest BCUT2D eigenvalue weighted by molar-refractivity contribution is -0.928. The van der Waals surface area contributed by atoms with Gasteiger partial charge in [-0.25, -0.2) is 4.79 Å². The summed E-state index contributed by atoms with van der Waals surface area (Å²) in [5.41, 5.74) is 0.601. The van der Waals surface area contributed by atoms with Gasteiger partial charge < -0.3 is 26.8 Å². The molecule has 1 aliphatic rings. The van der Waals surface area contributed by atoms with Crippen molar-refractivity contribution in [3.8, 4) is 5.75 Å². The Kier molecular flexibility index (Phi) is 13.0. The van der Waals surface area contributed by atoms with Gasteiger partial charge in [-0.05, 0) is 56.9 Å². The van der Waals surface area contributed by atoms with Crippen molar-refractivity contribution in [3.05, 3.63) is 29.8 Å². The maximum Gasteiger partial charge on any atom is 0.338 e. The minimum Gasteiger partial charge on any atom is -1.00 e. The number of carbonyl (C=O) groups excluding carboxylic acids is 1. The van der Waals surface area contributed by atoms with Crippen molar-refractivity contribution in [1.82, 2.24) is 0 Å². The molecule has 160 valence electrons. The molecule has 1 aromatic rings. The van der Waals surface area contributed by atoms with Gasteiger partial charge in [0, 0.05) is 6.42 Å². The number of likely N-dealkylation sites (tertiary alicyclic amines) is 1. The van der Waals surface area contributed by atoms with Crippen LogP contribution in [0.1, 0.15) is 82.0 Å². The minimum atomic E-state index is -0.234. The number of benzene rings is 1. The number of esters is 1.